The van der Waals surface area contributed by atoms with Gasteiger partial charge < -0.3 is 10.0 Å². The topological polar surface area (TPSA) is 40.5 Å². The number of rotatable bonds is 3. The molecular weight excluding hydrogens is 174 g/mol. The van der Waals surface area contributed by atoms with Crippen molar-refractivity contribution >= 4 is 18.5 Å². The molecule has 1 fully saturated rings. The number of thiol groups is 1. The maximum absolute atomic E-state index is 11.3. The summed E-state index contributed by atoms with van der Waals surface area (Å²) in [5, 5.41) is 9.16. The van der Waals surface area contributed by atoms with E-state index in [1.807, 2.05) is 0 Å². The second-order valence-electron chi connectivity index (χ2n) is 3.11. The van der Waals surface area contributed by atoms with Gasteiger partial charge in [0.1, 0.15) is 0 Å². The summed E-state index contributed by atoms with van der Waals surface area (Å²) in [6, 6.07) is 0. The summed E-state index contributed by atoms with van der Waals surface area (Å²) < 4.78 is 0. The van der Waals surface area contributed by atoms with Gasteiger partial charge in [-0.05, 0) is 18.6 Å². The van der Waals surface area contributed by atoms with Crippen LogP contribution in [0, 0.1) is 0 Å². The number of aliphatic hydroxyl groups is 1. The lowest BCUT2D eigenvalue weighted by Gasteiger charge is -2.14. The molecule has 3 nitrogen and oxygen atoms in total. The van der Waals surface area contributed by atoms with Crippen LogP contribution in [0.4, 0.5) is 0 Å². The van der Waals surface area contributed by atoms with Crippen molar-refractivity contribution in [3.63, 3.8) is 0 Å². The first-order valence-corrected chi connectivity index (χ1v) is 4.94. The van der Waals surface area contributed by atoms with Gasteiger partial charge in [-0.1, -0.05) is 0 Å². The maximum Gasteiger partial charge on any atom is 0.222 e. The van der Waals surface area contributed by atoms with Gasteiger partial charge in [0, 0.05) is 19.5 Å². The van der Waals surface area contributed by atoms with Crippen molar-refractivity contribution in [2.75, 3.05) is 18.8 Å². The molecule has 12 heavy (non-hydrogen) atoms. The molecule has 1 rings (SSSR count). The van der Waals surface area contributed by atoms with Crippen LogP contribution in [0.5, 0.6) is 0 Å². The Morgan fingerprint density at radius 1 is 1.67 bits per heavy atom. The van der Waals surface area contributed by atoms with Gasteiger partial charge in [0.2, 0.25) is 5.91 Å². The van der Waals surface area contributed by atoms with E-state index in [9.17, 15) is 4.79 Å². The Labute approximate surface area is 78.2 Å². The summed E-state index contributed by atoms with van der Waals surface area (Å²) in [5.41, 5.74) is 0. The van der Waals surface area contributed by atoms with Crippen LogP contribution >= 0.6 is 12.6 Å². The summed E-state index contributed by atoms with van der Waals surface area (Å²) in [6.45, 7) is 1.23. The fourth-order valence-corrected chi connectivity index (χ4v) is 1.51. The molecule has 4 heteroatoms. The molecule has 0 aromatic heterocycles. The smallest absolute Gasteiger partial charge is 0.222 e. The Morgan fingerprint density at radius 2 is 2.42 bits per heavy atom. The van der Waals surface area contributed by atoms with Gasteiger partial charge in [-0.15, -0.1) is 0 Å². The van der Waals surface area contributed by atoms with E-state index < -0.39 is 0 Å². The van der Waals surface area contributed by atoms with E-state index >= 15 is 0 Å². The molecule has 0 aromatic carbocycles. The number of hydrogen-bond acceptors (Lipinski definition) is 3. The Hall–Kier alpha value is -0.220. The lowest BCUT2D eigenvalue weighted by Crippen LogP contribution is -2.29. The number of carbonyl (C=O) groups is 1. The number of nitrogens with zero attached hydrogens (tertiary/aromatic N) is 1. The van der Waals surface area contributed by atoms with Crippen LogP contribution < -0.4 is 0 Å². The minimum absolute atomic E-state index is 0.153. The van der Waals surface area contributed by atoms with Crippen LogP contribution in [0.3, 0.4) is 0 Å². The summed E-state index contributed by atoms with van der Waals surface area (Å²) in [6.07, 6.45) is 1.82. The van der Waals surface area contributed by atoms with Gasteiger partial charge in [0.15, 0.2) is 0 Å². The van der Waals surface area contributed by atoms with Gasteiger partial charge in [-0.3, -0.25) is 4.79 Å². The average molecular weight is 189 g/mol. The second kappa shape index (κ2) is 4.72. The van der Waals surface area contributed by atoms with Gasteiger partial charge in [-0.2, -0.15) is 12.6 Å². The van der Waals surface area contributed by atoms with E-state index in [4.69, 9.17) is 5.11 Å². The summed E-state index contributed by atoms with van der Waals surface area (Å²) in [7, 11) is 0. The van der Waals surface area contributed by atoms with Crippen molar-refractivity contribution < 1.29 is 9.90 Å². The predicted octanol–water partition coefficient (Wildman–Crippen LogP) is 0.290. The highest BCUT2D eigenvalue weighted by Gasteiger charge is 2.23. The number of likely N-dealkylation sites (tertiary alicyclic amines) is 1. The molecule has 0 spiro atoms. The van der Waals surface area contributed by atoms with Crippen molar-refractivity contribution in [3.8, 4) is 0 Å². The SMILES string of the molecule is O=C(CCCS)N1CCC(O)C1. The number of aliphatic hydroxyl groups excluding tert-OH is 1. The summed E-state index contributed by atoms with van der Waals surface area (Å²) >= 11 is 4.04. The summed E-state index contributed by atoms with van der Waals surface area (Å²) in [5.74, 6) is 0.905. The van der Waals surface area contributed by atoms with Crippen LogP contribution in [0.2, 0.25) is 0 Å². The molecule has 1 amide bonds. The highest BCUT2D eigenvalue weighted by Crippen LogP contribution is 2.10. The second-order valence-corrected chi connectivity index (χ2v) is 3.56. The first-order chi connectivity index (χ1) is 5.74. The normalized spacial score (nSPS) is 23.2. The molecule has 1 unspecified atom stereocenters. The van der Waals surface area contributed by atoms with E-state index in [-0.39, 0.29) is 12.0 Å². The van der Waals surface area contributed by atoms with Gasteiger partial charge >= 0.3 is 0 Å². The van der Waals surface area contributed by atoms with E-state index in [1.165, 1.54) is 0 Å². The summed E-state index contributed by atoms with van der Waals surface area (Å²) in [4.78, 5) is 13.1. The predicted molar refractivity (Wildman–Crippen MR) is 50.3 cm³/mol. The molecule has 1 saturated heterocycles. The molecule has 1 aliphatic rings. The van der Waals surface area contributed by atoms with Crippen molar-refractivity contribution in [3.05, 3.63) is 0 Å². The molecule has 1 aliphatic heterocycles. The van der Waals surface area contributed by atoms with Crippen LogP contribution in [0.15, 0.2) is 0 Å². The molecule has 0 radical (unpaired) electrons. The third-order valence-corrected chi connectivity index (χ3v) is 2.38. The zero-order valence-electron chi connectivity index (χ0n) is 7.07. The molecule has 0 saturated carbocycles. The van der Waals surface area contributed by atoms with Gasteiger partial charge in [-0.25, -0.2) is 0 Å². The number of amides is 1. The lowest BCUT2D eigenvalue weighted by molar-refractivity contribution is -0.130. The first kappa shape index (κ1) is 9.86. The lowest BCUT2D eigenvalue weighted by atomic mass is 10.3. The van der Waals surface area contributed by atoms with Gasteiger partial charge in [0.05, 0.1) is 6.10 Å². The molecule has 0 bridgehead atoms. The fraction of sp³-hybridized carbons (Fsp3) is 0.875. The molecule has 1 atom stereocenters. The molecule has 0 aliphatic carbocycles. The minimum atomic E-state index is -0.301. The highest BCUT2D eigenvalue weighted by molar-refractivity contribution is 7.80. The van der Waals surface area contributed by atoms with E-state index in [0.29, 0.717) is 19.5 Å². The molecular formula is C8H15NO2S. The maximum atomic E-state index is 11.3. The van der Waals surface area contributed by atoms with E-state index in [0.717, 1.165) is 18.6 Å². The van der Waals surface area contributed by atoms with Crippen molar-refractivity contribution in [2.45, 2.75) is 25.4 Å². The van der Waals surface area contributed by atoms with Crippen molar-refractivity contribution in [2.24, 2.45) is 0 Å². The monoisotopic (exact) mass is 189 g/mol. The zero-order chi connectivity index (χ0) is 8.97. The average Bonchev–Trinajstić information content (AvgIpc) is 2.47. The minimum Gasteiger partial charge on any atom is -0.391 e. The molecule has 1 heterocycles. The van der Waals surface area contributed by atoms with Crippen LogP contribution in [-0.4, -0.2) is 40.9 Å². The number of hydrogen-bond donors (Lipinski definition) is 2. The Bertz CT molecular complexity index is 163. The van der Waals surface area contributed by atoms with Crippen LogP contribution in [0.1, 0.15) is 19.3 Å². The quantitative estimate of drug-likeness (QED) is 0.626. The number of carbonyl (C=O) groups excluding carboxylic acids is 1. The van der Waals surface area contributed by atoms with Crippen LogP contribution in [0.25, 0.3) is 0 Å². The Kier molecular flexibility index (Phi) is 3.88. The molecule has 70 valence electrons. The van der Waals surface area contributed by atoms with E-state index in [2.05, 4.69) is 12.6 Å². The van der Waals surface area contributed by atoms with E-state index in [1.54, 1.807) is 4.90 Å². The zero-order valence-corrected chi connectivity index (χ0v) is 7.96. The van der Waals surface area contributed by atoms with Crippen molar-refractivity contribution in [1.82, 2.24) is 4.90 Å². The largest absolute Gasteiger partial charge is 0.391 e. The standard InChI is InChI=1S/C8H15NO2S/c10-7-3-4-9(6-7)8(11)2-1-5-12/h7,10,12H,1-6H2. The molecule has 0 aromatic rings. The third-order valence-electron chi connectivity index (χ3n) is 2.06. The van der Waals surface area contributed by atoms with Crippen molar-refractivity contribution in [1.29, 1.82) is 0 Å². The highest BCUT2D eigenvalue weighted by atomic mass is 32.1. The first-order valence-electron chi connectivity index (χ1n) is 4.30. The van der Waals surface area contributed by atoms with Gasteiger partial charge in [0.25, 0.3) is 0 Å². The fourth-order valence-electron chi connectivity index (χ4n) is 1.36. The van der Waals surface area contributed by atoms with Crippen LogP contribution in [-0.2, 0) is 4.79 Å². The molecule has 1 N–H and O–H groups in total. The number of β-amino-alcohol motifs (C(OH)–C–C–N with tert-alkyl or cyclic N) is 1. The Morgan fingerprint density at radius 3 is 2.92 bits per heavy atom. The third kappa shape index (κ3) is 2.68. The Balaban J connectivity index is 2.23.